The van der Waals surface area contributed by atoms with E-state index in [1.54, 1.807) is 67.6 Å². The van der Waals surface area contributed by atoms with Crippen molar-refractivity contribution in [2.45, 2.75) is 29.6 Å². The Bertz CT molecular complexity index is 1320. The fourth-order valence-corrected chi connectivity index (χ4v) is 4.25. The summed E-state index contributed by atoms with van der Waals surface area (Å²) in [6, 6.07) is 24.3. The predicted molar refractivity (Wildman–Crippen MR) is 125 cm³/mol. The van der Waals surface area contributed by atoms with E-state index in [9.17, 15) is 16.8 Å². The van der Waals surface area contributed by atoms with Crippen LogP contribution in [-0.4, -0.2) is 28.3 Å². The molecule has 0 aliphatic heterocycles. The second-order valence-electron chi connectivity index (χ2n) is 6.91. The molecule has 0 saturated carbocycles. The minimum Gasteiger partial charge on any atom is -0.265 e. The maximum atomic E-state index is 12.4. The van der Waals surface area contributed by atoms with Crippen LogP contribution in [0.5, 0.6) is 0 Å². The second kappa shape index (κ2) is 10.9. The van der Waals surface area contributed by atoms with Crippen LogP contribution in [0.25, 0.3) is 0 Å². The van der Waals surface area contributed by atoms with E-state index in [4.69, 9.17) is 8.57 Å². The van der Waals surface area contributed by atoms with Gasteiger partial charge in [0, 0.05) is 0 Å². The molecule has 0 heterocycles. The van der Waals surface area contributed by atoms with E-state index in [1.165, 1.54) is 24.3 Å². The number of nitrogens with zero attached hydrogens (tertiary/aromatic N) is 2. The summed E-state index contributed by atoms with van der Waals surface area (Å²) in [7, 11) is -8.11. The molecule has 0 N–H and O–H groups in total. The smallest absolute Gasteiger partial charge is 0.265 e. The van der Waals surface area contributed by atoms with E-state index in [2.05, 4.69) is 10.3 Å². The summed E-state index contributed by atoms with van der Waals surface area (Å²) in [5, 5.41) is 7.59. The van der Waals surface area contributed by atoms with E-state index in [0.717, 1.165) is 0 Å². The van der Waals surface area contributed by atoms with Gasteiger partial charge in [0.25, 0.3) is 0 Å². The van der Waals surface area contributed by atoms with Crippen molar-refractivity contribution in [3.05, 3.63) is 96.6 Å². The first-order chi connectivity index (χ1) is 15.8. The average Bonchev–Trinajstić information content (AvgIpc) is 2.84. The molecule has 0 spiro atoms. The molecule has 172 valence electrons. The summed E-state index contributed by atoms with van der Waals surface area (Å²) in [5.74, 6) is 0. The zero-order valence-electron chi connectivity index (χ0n) is 17.7. The van der Waals surface area contributed by atoms with Crippen molar-refractivity contribution in [1.29, 1.82) is 0 Å². The average molecular weight is 487 g/mol. The molecule has 0 atom stereocenters. The number of benzene rings is 3. The van der Waals surface area contributed by atoms with E-state index in [0.29, 0.717) is 17.0 Å². The number of oxime groups is 2. The molecule has 0 aromatic heterocycles. The van der Waals surface area contributed by atoms with Crippen molar-refractivity contribution in [2.75, 3.05) is 0 Å². The lowest BCUT2D eigenvalue weighted by molar-refractivity contribution is 0.335. The number of hydrogen-bond acceptors (Lipinski definition) is 8. The van der Waals surface area contributed by atoms with Gasteiger partial charge < -0.3 is 0 Å². The van der Waals surface area contributed by atoms with Gasteiger partial charge in [-0.2, -0.15) is 16.8 Å². The highest BCUT2D eigenvalue weighted by Crippen LogP contribution is 2.15. The molecule has 0 radical (unpaired) electrons. The Labute approximate surface area is 193 Å². The Morgan fingerprint density at radius 1 is 0.636 bits per heavy atom. The van der Waals surface area contributed by atoms with Crippen LogP contribution in [0.4, 0.5) is 0 Å². The summed E-state index contributed by atoms with van der Waals surface area (Å²) in [6.45, 7) is 1.60. The van der Waals surface area contributed by atoms with Gasteiger partial charge in [-0.1, -0.05) is 77.0 Å². The third-order valence-corrected chi connectivity index (χ3v) is 6.67. The fraction of sp³-hybridized carbons (Fsp3) is 0.130. The van der Waals surface area contributed by atoms with Gasteiger partial charge in [0.15, 0.2) is 0 Å². The third kappa shape index (κ3) is 6.99. The molecule has 0 bridgehead atoms. The van der Waals surface area contributed by atoms with Crippen LogP contribution in [0, 0.1) is 0 Å². The van der Waals surface area contributed by atoms with Gasteiger partial charge in [-0.05, 0) is 49.6 Å². The SMILES string of the molecule is CC(CCC(=NOS(=O)(=O)c1ccccc1)c1ccccc1)=NOS(=O)(=O)c1ccccc1. The summed E-state index contributed by atoms with van der Waals surface area (Å²) in [6.07, 6.45) is 0.491. The lowest BCUT2D eigenvalue weighted by Crippen LogP contribution is -2.09. The highest BCUT2D eigenvalue weighted by atomic mass is 32.2. The minimum absolute atomic E-state index is 0.00685. The molecule has 0 fully saturated rings. The molecule has 33 heavy (non-hydrogen) atoms. The molecule has 10 heteroatoms. The normalized spacial score (nSPS) is 12.9. The largest absolute Gasteiger partial charge is 0.358 e. The molecule has 0 amide bonds. The molecular weight excluding hydrogens is 464 g/mol. The van der Waals surface area contributed by atoms with Gasteiger partial charge in [0.1, 0.15) is 9.79 Å². The number of rotatable bonds is 10. The van der Waals surface area contributed by atoms with Gasteiger partial charge in [0.05, 0.1) is 11.4 Å². The van der Waals surface area contributed by atoms with Crippen molar-refractivity contribution >= 4 is 31.7 Å². The van der Waals surface area contributed by atoms with Gasteiger partial charge in [0.2, 0.25) is 0 Å². The van der Waals surface area contributed by atoms with E-state index < -0.39 is 20.2 Å². The zero-order valence-corrected chi connectivity index (χ0v) is 19.4. The fourth-order valence-electron chi connectivity index (χ4n) is 2.69. The summed E-state index contributed by atoms with van der Waals surface area (Å²) < 4.78 is 58.9. The lowest BCUT2D eigenvalue weighted by Gasteiger charge is -2.08. The maximum Gasteiger partial charge on any atom is 0.358 e. The summed E-state index contributed by atoms with van der Waals surface area (Å²) >= 11 is 0. The Hall–Kier alpha value is -3.50. The maximum absolute atomic E-state index is 12.4. The summed E-state index contributed by atoms with van der Waals surface area (Å²) in [4.78, 5) is -0.0222. The first-order valence-electron chi connectivity index (χ1n) is 9.91. The molecule has 3 aromatic rings. The highest BCUT2D eigenvalue weighted by Gasteiger charge is 2.17. The summed E-state index contributed by atoms with van der Waals surface area (Å²) in [5.41, 5.74) is 1.39. The quantitative estimate of drug-likeness (QED) is 0.311. The van der Waals surface area contributed by atoms with Gasteiger partial charge in [-0.25, -0.2) is 0 Å². The molecular formula is C23H22N2O6S2. The first-order valence-corrected chi connectivity index (χ1v) is 12.7. The van der Waals surface area contributed by atoms with Crippen molar-refractivity contribution in [1.82, 2.24) is 0 Å². The van der Waals surface area contributed by atoms with Crippen LogP contribution >= 0.6 is 0 Å². The zero-order chi connectivity index (χ0) is 23.7. The van der Waals surface area contributed by atoms with E-state index in [-0.39, 0.29) is 22.6 Å². The van der Waals surface area contributed by atoms with Crippen LogP contribution in [-0.2, 0) is 28.8 Å². The molecule has 0 aliphatic rings. The van der Waals surface area contributed by atoms with Crippen LogP contribution < -0.4 is 0 Å². The molecule has 3 rings (SSSR count). The molecule has 3 aromatic carbocycles. The molecule has 8 nitrogen and oxygen atoms in total. The first kappa shape index (κ1) is 24.1. The van der Waals surface area contributed by atoms with Crippen molar-refractivity contribution in [2.24, 2.45) is 10.3 Å². The van der Waals surface area contributed by atoms with E-state index in [1.807, 2.05) is 6.07 Å². The third-order valence-electron chi connectivity index (χ3n) is 4.43. The second-order valence-corrected chi connectivity index (χ2v) is 9.97. The minimum atomic E-state index is -4.08. The molecule has 0 unspecified atom stereocenters. The predicted octanol–water partition coefficient (Wildman–Crippen LogP) is 4.36. The topological polar surface area (TPSA) is 111 Å². The van der Waals surface area contributed by atoms with Crippen molar-refractivity contribution < 1.29 is 25.4 Å². The van der Waals surface area contributed by atoms with Crippen LogP contribution in [0.3, 0.4) is 0 Å². The monoisotopic (exact) mass is 486 g/mol. The number of hydrogen-bond donors (Lipinski definition) is 0. The highest BCUT2D eigenvalue weighted by molar-refractivity contribution is 7.87. The Kier molecular flexibility index (Phi) is 7.96. The lowest BCUT2D eigenvalue weighted by atomic mass is 10.0. The Balaban J connectivity index is 1.73. The van der Waals surface area contributed by atoms with Gasteiger partial charge in [-0.3, -0.25) is 8.57 Å². The van der Waals surface area contributed by atoms with Gasteiger partial charge in [-0.15, -0.1) is 0 Å². The van der Waals surface area contributed by atoms with Crippen LogP contribution in [0.2, 0.25) is 0 Å². The Morgan fingerprint density at radius 3 is 1.55 bits per heavy atom. The van der Waals surface area contributed by atoms with Crippen molar-refractivity contribution in [3.8, 4) is 0 Å². The molecule has 0 aliphatic carbocycles. The molecule has 0 saturated heterocycles. The Morgan fingerprint density at radius 2 is 1.06 bits per heavy atom. The van der Waals surface area contributed by atoms with Gasteiger partial charge >= 0.3 is 20.2 Å². The van der Waals surface area contributed by atoms with Crippen molar-refractivity contribution in [3.63, 3.8) is 0 Å². The van der Waals surface area contributed by atoms with E-state index >= 15 is 0 Å². The van der Waals surface area contributed by atoms with Crippen LogP contribution in [0.15, 0.2) is 111 Å². The van der Waals surface area contributed by atoms with Crippen LogP contribution in [0.1, 0.15) is 25.3 Å². The standard InChI is InChI=1S/C23H22N2O6S2/c1-19(24-30-32(26,27)21-13-7-3-8-14-21)17-18-23(20-11-5-2-6-12-20)25-31-33(28,29)22-15-9-4-10-16-22/h2-16H,17-18H2,1H3.